The largest absolute Gasteiger partial charge is 0.494 e. The number of halogens is 1. The molecule has 1 rings (SSSR count). The Morgan fingerprint density at radius 3 is 2.78 bits per heavy atom. The molecule has 2 atom stereocenters. The second kappa shape index (κ2) is 7.48. The molecule has 18 heavy (non-hydrogen) atoms. The first kappa shape index (κ1) is 15.1. The first-order valence-electron chi connectivity index (χ1n) is 5.88. The summed E-state index contributed by atoms with van der Waals surface area (Å²) in [6, 6.07) is 5.19. The van der Waals surface area contributed by atoms with E-state index in [1.54, 1.807) is 12.3 Å². The second-order valence-corrected chi connectivity index (χ2v) is 5.87. The fourth-order valence-electron chi connectivity index (χ4n) is 1.56. The van der Waals surface area contributed by atoms with Crippen molar-refractivity contribution in [2.24, 2.45) is 0 Å². The van der Waals surface area contributed by atoms with Crippen molar-refractivity contribution in [1.29, 1.82) is 0 Å². The highest BCUT2D eigenvalue weighted by Gasteiger charge is 2.06. The molecule has 5 heteroatoms. The van der Waals surface area contributed by atoms with E-state index in [1.165, 1.54) is 13.2 Å². The normalized spacial score (nSPS) is 14.2. The van der Waals surface area contributed by atoms with Gasteiger partial charge in [0, 0.05) is 35.4 Å². The monoisotopic (exact) mass is 273 g/mol. The van der Waals surface area contributed by atoms with Crippen molar-refractivity contribution in [1.82, 2.24) is 5.32 Å². The third-order valence-corrected chi connectivity index (χ3v) is 3.52. The van der Waals surface area contributed by atoms with Gasteiger partial charge in [-0.15, -0.1) is 0 Å². The molecule has 1 aromatic carbocycles. The molecule has 0 aromatic heterocycles. The van der Waals surface area contributed by atoms with E-state index in [4.69, 9.17) is 4.74 Å². The molecule has 1 N–H and O–H groups in total. The third-order valence-electron chi connectivity index (χ3n) is 2.71. The van der Waals surface area contributed by atoms with Gasteiger partial charge in [-0.1, -0.05) is 6.07 Å². The predicted molar refractivity (Wildman–Crippen MR) is 72.8 cm³/mol. The molecule has 0 heterocycles. The predicted octanol–water partition coefficient (Wildman–Crippen LogP) is 2.08. The maximum Gasteiger partial charge on any atom is 0.165 e. The zero-order valence-electron chi connectivity index (χ0n) is 11.0. The summed E-state index contributed by atoms with van der Waals surface area (Å²) in [6.07, 6.45) is 2.55. The quantitative estimate of drug-likeness (QED) is 0.826. The van der Waals surface area contributed by atoms with Crippen molar-refractivity contribution in [3.05, 3.63) is 29.6 Å². The first-order chi connectivity index (χ1) is 8.52. The molecule has 0 spiro atoms. The van der Waals surface area contributed by atoms with Crippen LogP contribution in [0.1, 0.15) is 18.9 Å². The maximum atomic E-state index is 13.4. The molecule has 102 valence electrons. The van der Waals surface area contributed by atoms with Gasteiger partial charge in [0.05, 0.1) is 7.11 Å². The van der Waals surface area contributed by atoms with Crippen molar-refractivity contribution in [3.8, 4) is 5.75 Å². The summed E-state index contributed by atoms with van der Waals surface area (Å²) in [5.41, 5.74) is 0.873. The Balaban J connectivity index is 2.43. The van der Waals surface area contributed by atoms with Crippen molar-refractivity contribution < 1.29 is 13.3 Å². The van der Waals surface area contributed by atoms with Gasteiger partial charge in [-0.05, 0) is 31.0 Å². The van der Waals surface area contributed by atoms with Crippen LogP contribution in [0, 0.1) is 5.82 Å². The molecule has 0 aliphatic rings. The minimum atomic E-state index is -0.759. The van der Waals surface area contributed by atoms with Crippen LogP contribution in [-0.2, 0) is 17.3 Å². The molecule has 1 aromatic rings. The van der Waals surface area contributed by atoms with E-state index in [9.17, 15) is 8.60 Å². The van der Waals surface area contributed by atoms with Crippen LogP contribution >= 0.6 is 0 Å². The Hall–Kier alpha value is -0.940. The summed E-state index contributed by atoms with van der Waals surface area (Å²) in [5, 5.41) is 3.28. The molecular weight excluding hydrogens is 253 g/mol. The molecule has 0 amide bonds. The van der Waals surface area contributed by atoms with E-state index in [1.807, 2.05) is 13.0 Å². The van der Waals surface area contributed by atoms with Crippen LogP contribution in [0.15, 0.2) is 18.2 Å². The van der Waals surface area contributed by atoms with E-state index in [0.29, 0.717) is 12.3 Å². The molecular formula is C13H20FNO2S. The van der Waals surface area contributed by atoms with Gasteiger partial charge in [0.25, 0.3) is 0 Å². The fourth-order valence-corrected chi connectivity index (χ4v) is 2.24. The maximum absolute atomic E-state index is 13.4. The van der Waals surface area contributed by atoms with E-state index in [2.05, 4.69) is 5.32 Å². The number of methoxy groups -OCH3 is 1. The molecule has 0 aliphatic heterocycles. The average Bonchev–Trinajstić information content (AvgIpc) is 2.34. The van der Waals surface area contributed by atoms with Crippen LogP contribution in [0.4, 0.5) is 4.39 Å². The zero-order valence-corrected chi connectivity index (χ0v) is 11.8. The summed E-state index contributed by atoms with van der Waals surface area (Å²) in [7, 11) is 0.689. The zero-order chi connectivity index (χ0) is 13.5. The number of ether oxygens (including phenoxy) is 1. The van der Waals surface area contributed by atoms with Crippen LogP contribution in [0.2, 0.25) is 0 Å². The fraction of sp³-hybridized carbons (Fsp3) is 0.538. The van der Waals surface area contributed by atoms with Gasteiger partial charge in [-0.2, -0.15) is 0 Å². The third kappa shape index (κ3) is 5.14. The lowest BCUT2D eigenvalue weighted by atomic mass is 10.2. The first-order valence-corrected chi connectivity index (χ1v) is 7.61. The van der Waals surface area contributed by atoms with E-state index in [0.717, 1.165) is 12.0 Å². The minimum Gasteiger partial charge on any atom is -0.494 e. The molecule has 0 aliphatic carbocycles. The average molecular weight is 273 g/mol. The Morgan fingerprint density at radius 2 is 2.22 bits per heavy atom. The van der Waals surface area contributed by atoms with Gasteiger partial charge >= 0.3 is 0 Å². The number of hydrogen-bond acceptors (Lipinski definition) is 3. The SMILES string of the molecule is COc1ccc(CNC(C)CCS(C)=O)cc1F. The molecule has 2 unspecified atom stereocenters. The number of rotatable bonds is 7. The van der Waals surface area contributed by atoms with E-state index >= 15 is 0 Å². The van der Waals surface area contributed by atoms with Crippen LogP contribution in [0.3, 0.4) is 0 Å². The highest BCUT2D eigenvalue weighted by atomic mass is 32.2. The topological polar surface area (TPSA) is 38.3 Å². The summed E-state index contributed by atoms with van der Waals surface area (Å²) < 4.78 is 29.3. The van der Waals surface area contributed by atoms with Crippen molar-refractivity contribution in [2.75, 3.05) is 19.1 Å². The molecule has 0 fully saturated rings. The Kier molecular flexibility index (Phi) is 6.29. The van der Waals surface area contributed by atoms with E-state index in [-0.39, 0.29) is 17.6 Å². The summed E-state index contributed by atoms with van der Waals surface area (Å²) in [4.78, 5) is 0. The second-order valence-electron chi connectivity index (χ2n) is 4.32. The molecule has 3 nitrogen and oxygen atoms in total. The highest BCUT2D eigenvalue weighted by molar-refractivity contribution is 7.84. The lowest BCUT2D eigenvalue weighted by Gasteiger charge is -2.13. The van der Waals surface area contributed by atoms with Crippen molar-refractivity contribution >= 4 is 10.8 Å². The lowest BCUT2D eigenvalue weighted by Crippen LogP contribution is -2.27. The summed E-state index contributed by atoms with van der Waals surface area (Å²) >= 11 is 0. The minimum absolute atomic E-state index is 0.258. The highest BCUT2D eigenvalue weighted by Crippen LogP contribution is 2.17. The van der Waals surface area contributed by atoms with Gasteiger partial charge in [-0.25, -0.2) is 4.39 Å². The number of benzene rings is 1. The van der Waals surface area contributed by atoms with Crippen LogP contribution in [0.5, 0.6) is 5.75 Å². The number of hydrogen-bond donors (Lipinski definition) is 1. The van der Waals surface area contributed by atoms with Crippen molar-refractivity contribution in [2.45, 2.75) is 25.9 Å². The van der Waals surface area contributed by atoms with Crippen LogP contribution in [0.25, 0.3) is 0 Å². The summed E-state index contributed by atoms with van der Waals surface area (Å²) in [6.45, 7) is 2.63. The van der Waals surface area contributed by atoms with Gasteiger partial charge in [0.2, 0.25) is 0 Å². The van der Waals surface area contributed by atoms with Gasteiger partial charge in [0.15, 0.2) is 11.6 Å². The van der Waals surface area contributed by atoms with Crippen LogP contribution in [-0.4, -0.2) is 29.4 Å². The van der Waals surface area contributed by atoms with Crippen LogP contribution < -0.4 is 10.1 Å². The summed E-state index contributed by atoms with van der Waals surface area (Å²) in [5.74, 6) is 0.595. The van der Waals surface area contributed by atoms with Crippen molar-refractivity contribution in [3.63, 3.8) is 0 Å². The smallest absolute Gasteiger partial charge is 0.165 e. The van der Waals surface area contributed by atoms with E-state index < -0.39 is 10.8 Å². The Morgan fingerprint density at radius 1 is 1.50 bits per heavy atom. The van der Waals surface area contributed by atoms with Gasteiger partial charge in [0.1, 0.15) is 0 Å². The molecule has 0 saturated carbocycles. The standard InChI is InChI=1S/C13H20FNO2S/c1-10(6-7-18(3)16)15-9-11-4-5-13(17-2)12(14)8-11/h4-5,8,10,15H,6-7,9H2,1-3H3. The van der Waals surface area contributed by atoms with Gasteiger partial charge < -0.3 is 10.1 Å². The molecule has 0 radical (unpaired) electrons. The number of nitrogens with one attached hydrogen (secondary N) is 1. The Labute approximate surface area is 110 Å². The Bertz CT molecular complexity index is 412. The lowest BCUT2D eigenvalue weighted by molar-refractivity contribution is 0.386. The molecule has 0 saturated heterocycles. The molecule has 0 bridgehead atoms. The van der Waals surface area contributed by atoms with Gasteiger partial charge in [-0.3, -0.25) is 4.21 Å².